The molecule has 0 spiro atoms. The number of alkyl carbamates (subject to hydrolysis) is 1. The highest BCUT2D eigenvalue weighted by Gasteiger charge is 2.30. The Morgan fingerprint density at radius 2 is 1.26 bits per heavy atom. The van der Waals surface area contributed by atoms with Crippen LogP contribution in [0.2, 0.25) is 0 Å². The zero-order chi connectivity index (χ0) is 42.2. The van der Waals surface area contributed by atoms with Gasteiger partial charge in [-0.3, -0.25) is 19.2 Å². The van der Waals surface area contributed by atoms with E-state index in [9.17, 15) is 28.8 Å². The second kappa shape index (κ2) is 26.8. The minimum absolute atomic E-state index is 0.0359. The van der Waals surface area contributed by atoms with Crippen LogP contribution in [0, 0.1) is 5.92 Å². The molecule has 0 saturated heterocycles. The Morgan fingerprint density at radius 3 is 1.84 bits per heavy atom. The number of rotatable bonds is 22. The molecule has 2 fully saturated rings. The molecule has 0 heterocycles. The van der Waals surface area contributed by atoms with Crippen LogP contribution in [-0.2, 0) is 33.4 Å². The van der Waals surface area contributed by atoms with Crippen molar-refractivity contribution >= 4 is 41.7 Å². The Labute approximate surface area is 339 Å². The Hall–Kier alpha value is -3.99. The van der Waals surface area contributed by atoms with Crippen LogP contribution < -0.4 is 43.4 Å². The van der Waals surface area contributed by atoms with Gasteiger partial charge >= 0.3 is 12.1 Å². The van der Waals surface area contributed by atoms with Gasteiger partial charge in [-0.15, -0.1) is 0 Å². The van der Waals surface area contributed by atoms with E-state index in [0.717, 1.165) is 51.4 Å². The summed E-state index contributed by atoms with van der Waals surface area (Å²) in [4.78, 5) is 83.2. The van der Waals surface area contributed by atoms with Crippen molar-refractivity contribution in [3.8, 4) is 0 Å². The van der Waals surface area contributed by atoms with Gasteiger partial charge in [0, 0.05) is 6.04 Å². The number of nitrogens with two attached hydrogens (primary N) is 2. The summed E-state index contributed by atoms with van der Waals surface area (Å²) in [5.74, 6) is -3.06. The topological polar surface area (TPSA) is 257 Å². The van der Waals surface area contributed by atoms with E-state index in [2.05, 4.69) is 31.9 Å². The van der Waals surface area contributed by atoms with E-state index >= 15 is 0 Å². The normalized spacial score (nSPS) is 17.1. The first-order valence-electron chi connectivity index (χ1n) is 21.2. The first kappa shape index (κ1) is 49.2. The Kier molecular flexibility index (Phi) is 23.1. The number of aliphatic imine (C=N–C) groups is 1. The molecule has 0 aromatic carbocycles. The lowest BCUT2D eigenvalue weighted by molar-refractivity contribution is -0.141. The molecule has 2 rings (SSSR count). The number of carbonyl (C=O) groups excluding carboxylic acids is 6. The summed E-state index contributed by atoms with van der Waals surface area (Å²) in [5.41, 5.74) is 10.6. The fourth-order valence-electron chi connectivity index (χ4n) is 6.76. The number of carbonyl (C=O) groups is 6. The molecule has 0 bridgehead atoms. The lowest BCUT2D eigenvalue weighted by Gasteiger charge is -2.26. The summed E-state index contributed by atoms with van der Waals surface area (Å²) in [6.45, 7) is 8.81. The molecular weight excluding hydrogens is 734 g/mol. The van der Waals surface area contributed by atoms with Gasteiger partial charge < -0.3 is 52.8 Å². The zero-order valence-electron chi connectivity index (χ0n) is 35.2. The highest BCUT2D eigenvalue weighted by atomic mass is 16.6. The fraction of sp³-hybridized carbons (Fsp3) is 0.825. The van der Waals surface area contributed by atoms with Crippen molar-refractivity contribution in [1.29, 1.82) is 0 Å². The highest BCUT2D eigenvalue weighted by molar-refractivity contribution is 5.95. The van der Waals surface area contributed by atoms with Crippen molar-refractivity contribution < 1.29 is 38.2 Å². The first-order chi connectivity index (χ1) is 27.1. The number of unbranched alkanes of at least 4 members (excludes halogenated alkanes) is 2. The standard InChI is InChI=1S/C40H73N9O8/c1-27(2)24-32(49-39(55)57-40(3,4)5)36(53)48-30(20-12-14-22-41)35(52)44-25-33(50)43-26-34(51)47-31(21-13-15-23-42)37(54)56-38(45-28-16-8-6-9-17-28)46-29-18-10-7-11-19-29/h27-32H,6-26,41-42H2,1-5H3,(H,43,50)(H,44,52)(H,45,46)(H,47,51)(H,48,53)(H,49,55)/t30-,31+,32+/m1/s1. The summed E-state index contributed by atoms with van der Waals surface area (Å²) in [5, 5.41) is 16.4. The van der Waals surface area contributed by atoms with Gasteiger partial charge in [-0.1, -0.05) is 52.4 Å². The van der Waals surface area contributed by atoms with Gasteiger partial charge in [-0.2, -0.15) is 0 Å². The van der Waals surface area contributed by atoms with Gasteiger partial charge in [0.1, 0.15) is 23.7 Å². The second-order valence-corrected chi connectivity index (χ2v) is 16.7. The molecule has 0 radical (unpaired) electrons. The van der Waals surface area contributed by atoms with E-state index in [1.807, 2.05) is 13.8 Å². The quantitative estimate of drug-likeness (QED) is 0.0341. The van der Waals surface area contributed by atoms with E-state index in [1.165, 1.54) is 12.8 Å². The van der Waals surface area contributed by atoms with Gasteiger partial charge in [0.05, 0.1) is 19.1 Å². The minimum atomic E-state index is -1.02. The summed E-state index contributed by atoms with van der Waals surface area (Å²) in [7, 11) is 0. The van der Waals surface area contributed by atoms with Crippen LogP contribution in [-0.4, -0.2) is 104 Å². The molecule has 2 aliphatic carbocycles. The Balaban J connectivity index is 2.00. The minimum Gasteiger partial charge on any atom is -0.444 e. The smallest absolute Gasteiger partial charge is 0.408 e. The first-order valence-corrected chi connectivity index (χ1v) is 21.2. The van der Waals surface area contributed by atoms with Gasteiger partial charge in [-0.25, -0.2) is 14.6 Å². The predicted molar refractivity (Wildman–Crippen MR) is 219 cm³/mol. The third-order valence-corrected chi connectivity index (χ3v) is 9.73. The van der Waals surface area contributed by atoms with E-state index in [4.69, 9.17) is 25.9 Å². The molecule has 0 aliphatic heterocycles. The van der Waals surface area contributed by atoms with E-state index < -0.39 is 72.5 Å². The maximum Gasteiger partial charge on any atom is 0.408 e. The monoisotopic (exact) mass is 808 g/mol. The molecule has 0 aromatic rings. The Bertz CT molecular complexity index is 1290. The van der Waals surface area contributed by atoms with E-state index in [0.29, 0.717) is 45.2 Å². The molecule has 326 valence electrons. The summed E-state index contributed by atoms with van der Waals surface area (Å²) in [6, 6.07) is -2.54. The van der Waals surface area contributed by atoms with E-state index in [1.54, 1.807) is 20.8 Å². The lowest BCUT2D eigenvalue weighted by atomic mass is 9.95. The van der Waals surface area contributed by atoms with Crippen LogP contribution in [0.5, 0.6) is 0 Å². The number of nitrogens with one attached hydrogen (secondary N) is 6. The maximum atomic E-state index is 13.5. The summed E-state index contributed by atoms with van der Waals surface area (Å²) < 4.78 is 11.2. The van der Waals surface area contributed by atoms with Crippen molar-refractivity contribution in [2.24, 2.45) is 22.4 Å². The van der Waals surface area contributed by atoms with Crippen molar-refractivity contribution in [2.75, 3.05) is 26.2 Å². The average molecular weight is 808 g/mol. The number of ether oxygens (including phenoxy) is 2. The van der Waals surface area contributed by atoms with Crippen molar-refractivity contribution in [3.63, 3.8) is 0 Å². The largest absolute Gasteiger partial charge is 0.444 e. The highest BCUT2D eigenvalue weighted by Crippen LogP contribution is 2.22. The Morgan fingerprint density at radius 1 is 0.684 bits per heavy atom. The molecule has 0 unspecified atom stereocenters. The van der Waals surface area contributed by atoms with Crippen molar-refractivity contribution in [1.82, 2.24) is 31.9 Å². The third kappa shape index (κ3) is 21.9. The van der Waals surface area contributed by atoms with Gasteiger partial charge in [-0.05, 0) is 110 Å². The lowest BCUT2D eigenvalue weighted by Crippen LogP contribution is -2.55. The number of amides is 5. The van der Waals surface area contributed by atoms with E-state index in [-0.39, 0.29) is 36.9 Å². The second-order valence-electron chi connectivity index (χ2n) is 16.7. The van der Waals surface area contributed by atoms with Crippen LogP contribution in [0.15, 0.2) is 4.99 Å². The maximum absolute atomic E-state index is 13.5. The molecule has 5 amide bonds. The van der Waals surface area contributed by atoms with Crippen LogP contribution in [0.3, 0.4) is 0 Å². The molecule has 2 aliphatic rings. The molecule has 3 atom stereocenters. The van der Waals surface area contributed by atoms with Crippen LogP contribution in [0.25, 0.3) is 0 Å². The number of esters is 1. The van der Waals surface area contributed by atoms with Crippen LogP contribution >= 0.6 is 0 Å². The van der Waals surface area contributed by atoms with Crippen LogP contribution in [0.4, 0.5) is 4.79 Å². The SMILES string of the molecule is CC(C)C[C@H](NC(=O)OC(C)(C)C)C(=O)N[C@H](CCCCN)C(=O)NCC(=O)NCC(=O)N[C@@H](CCCCN)C(=O)O/C(=N\C1CCCCC1)NC1CCCCC1. The molecule has 57 heavy (non-hydrogen) atoms. The number of hydrogen-bond acceptors (Lipinski definition) is 11. The van der Waals surface area contributed by atoms with Crippen molar-refractivity contribution in [3.05, 3.63) is 0 Å². The van der Waals surface area contributed by atoms with Crippen LogP contribution in [0.1, 0.15) is 144 Å². The zero-order valence-corrected chi connectivity index (χ0v) is 35.2. The molecule has 17 heteroatoms. The predicted octanol–water partition coefficient (Wildman–Crippen LogP) is 2.54. The fourth-order valence-corrected chi connectivity index (χ4v) is 6.76. The van der Waals surface area contributed by atoms with Gasteiger partial charge in [0.15, 0.2) is 0 Å². The molecular formula is C40H73N9O8. The van der Waals surface area contributed by atoms with Crippen molar-refractivity contribution in [2.45, 2.75) is 180 Å². The molecule has 0 aromatic heterocycles. The molecule has 17 nitrogen and oxygen atoms in total. The average Bonchev–Trinajstić information content (AvgIpc) is 3.15. The van der Waals surface area contributed by atoms with Gasteiger partial charge in [0.2, 0.25) is 23.6 Å². The number of hydrogen-bond donors (Lipinski definition) is 8. The molecule has 10 N–H and O–H groups in total. The number of nitrogens with zero attached hydrogens (tertiary/aromatic N) is 1. The van der Waals surface area contributed by atoms with Gasteiger partial charge in [0.25, 0.3) is 6.02 Å². The summed E-state index contributed by atoms with van der Waals surface area (Å²) >= 11 is 0. The molecule has 2 saturated carbocycles. The number of amidine groups is 1. The summed E-state index contributed by atoms with van der Waals surface area (Å²) in [6.07, 6.45) is 12.9. The third-order valence-electron chi connectivity index (χ3n) is 9.73.